The van der Waals surface area contributed by atoms with Crippen molar-refractivity contribution in [3.63, 3.8) is 0 Å². The van der Waals surface area contributed by atoms with Gasteiger partial charge in [0.2, 0.25) is 11.8 Å². The van der Waals surface area contributed by atoms with Crippen LogP contribution in [0.3, 0.4) is 0 Å². The van der Waals surface area contributed by atoms with Crippen LogP contribution in [0.25, 0.3) is 0 Å². The Balaban J connectivity index is 1.78. The van der Waals surface area contributed by atoms with E-state index in [1.807, 2.05) is 30.3 Å². The molecule has 0 saturated carbocycles. The number of sulfonamides is 1. The maximum Gasteiger partial charge on any atom is 0.264 e. The van der Waals surface area contributed by atoms with E-state index < -0.39 is 28.5 Å². The van der Waals surface area contributed by atoms with Crippen LogP contribution in [-0.4, -0.2) is 44.8 Å². The van der Waals surface area contributed by atoms with Gasteiger partial charge in [0.1, 0.15) is 12.6 Å². The van der Waals surface area contributed by atoms with Gasteiger partial charge in [-0.2, -0.15) is 0 Å². The third-order valence-electron chi connectivity index (χ3n) is 6.48. The van der Waals surface area contributed by atoms with E-state index in [0.717, 1.165) is 9.87 Å². The normalized spacial score (nSPS) is 11.9. The summed E-state index contributed by atoms with van der Waals surface area (Å²) in [6.45, 7) is -0.522. The van der Waals surface area contributed by atoms with Gasteiger partial charge in [0.25, 0.3) is 10.0 Å². The highest BCUT2D eigenvalue weighted by Crippen LogP contribution is 2.26. The summed E-state index contributed by atoms with van der Waals surface area (Å²) in [6.07, 6.45) is 0.221. The molecule has 212 valence electrons. The number of anilines is 1. The van der Waals surface area contributed by atoms with Gasteiger partial charge >= 0.3 is 0 Å². The quantitative estimate of drug-likeness (QED) is 0.241. The van der Waals surface area contributed by atoms with Gasteiger partial charge in [0.05, 0.1) is 10.6 Å². The molecule has 4 rings (SSSR count). The van der Waals surface area contributed by atoms with Crippen LogP contribution in [0.4, 0.5) is 5.69 Å². The SMILES string of the molecule is CNC(=O)[C@H](Cc1ccccc1)N(Cc1cccc(Cl)c1)C(=O)CN(c1ccc(Cl)cc1)S(=O)(=O)c1ccccc1. The molecule has 0 unspecified atom stereocenters. The number of hydrogen-bond acceptors (Lipinski definition) is 4. The summed E-state index contributed by atoms with van der Waals surface area (Å²) in [6, 6.07) is 29.4. The molecule has 0 radical (unpaired) electrons. The molecule has 41 heavy (non-hydrogen) atoms. The lowest BCUT2D eigenvalue weighted by Crippen LogP contribution is -2.53. The van der Waals surface area contributed by atoms with Crippen molar-refractivity contribution in [2.75, 3.05) is 17.9 Å². The lowest BCUT2D eigenvalue weighted by molar-refractivity contribution is -0.139. The molecule has 0 heterocycles. The van der Waals surface area contributed by atoms with Crippen LogP contribution in [0.15, 0.2) is 114 Å². The van der Waals surface area contributed by atoms with Crippen molar-refractivity contribution < 1.29 is 18.0 Å². The fourth-order valence-electron chi connectivity index (χ4n) is 4.41. The van der Waals surface area contributed by atoms with Crippen molar-refractivity contribution in [1.82, 2.24) is 10.2 Å². The molecule has 0 aliphatic carbocycles. The molecular weight excluding hydrogens is 581 g/mol. The number of nitrogens with zero attached hydrogens (tertiary/aromatic N) is 2. The smallest absolute Gasteiger partial charge is 0.264 e. The molecule has 7 nitrogen and oxygen atoms in total. The number of amides is 2. The van der Waals surface area contributed by atoms with Crippen LogP contribution in [-0.2, 0) is 32.6 Å². The highest BCUT2D eigenvalue weighted by atomic mass is 35.5. The first-order valence-corrected chi connectivity index (χ1v) is 15.0. The van der Waals surface area contributed by atoms with E-state index in [-0.39, 0.29) is 29.5 Å². The van der Waals surface area contributed by atoms with E-state index in [9.17, 15) is 18.0 Å². The molecule has 1 atom stereocenters. The lowest BCUT2D eigenvalue weighted by atomic mass is 10.0. The summed E-state index contributed by atoms with van der Waals surface area (Å²) in [5.74, 6) is -0.947. The lowest BCUT2D eigenvalue weighted by Gasteiger charge is -2.33. The van der Waals surface area contributed by atoms with Gasteiger partial charge in [0, 0.05) is 30.1 Å². The number of benzene rings is 4. The Kier molecular flexibility index (Phi) is 10.0. The van der Waals surface area contributed by atoms with E-state index in [2.05, 4.69) is 5.32 Å². The molecule has 1 N–H and O–H groups in total. The van der Waals surface area contributed by atoms with Crippen LogP contribution in [0, 0.1) is 0 Å². The minimum atomic E-state index is -4.16. The minimum Gasteiger partial charge on any atom is -0.357 e. The average molecular weight is 611 g/mol. The number of carbonyl (C=O) groups excluding carboxylic acids is 2. The summed E-state index contributed by atoms with van der Waals surface area (Å²) in [5.41, 5.74) is 1.79. The van der Waals surface area contributed by atoms with Crippen molar-refractivity contribution in [3.8, 4) is 0 Å². The van der Waals surface area contributed by atoms with Gasteiger partial charge in [-0.1, -0.05) is 83.9 Å². The first-order chi connectivity index (χ1) is 19.7. The number of hydrogen-bond donors (Lipinski definition) is 1. The predicted molar refractivity (Wildman–Crippen MR) is 162 cm³/mol. The molecule has 0 saturated heterocycles. The second kappa shape index (κ2) is 13.7. The molecule has 0 spiro atoms. The van der Waals surface area contributed by atoms with Crippen molar-refractivity contribution in [3.05, 3.63) is 130 Å². The van der Waals surface area contributed by atoms with Gasteiger partial charge in [-0.25, -0.2) is 8.42 Å². The summed E-state index contributed by atoms with van der Waals surface area (Å²) < 4.78 is 28.7. The molecule has 0 aliphatic rings. The van der Waals surface area contributed by atoms with Gasteiger partial charge in [-0.15, -0.1) is 0 Å². The van der Waals surface area contributed by atoms with Crippen molar-refractivity contribution in [2.24, 2.45) is 0 Å². The highest BCUT2D eigenvalue weighted by Gasteiger charge is 2.34. The number of rotatable bonds is 11. The van der Waals surface area contributed by atoms with Crippen molar-refractivity contribution in [1.29, 1.82) is 0 Å². The molecule has 0 bridgehead atoms. The number of likely N-dealkylation sites (N-methyl/N-ethyl adjacent to an activating group) is 1. The molecular formula is C31H29Cl2N3O4S. The van der Waals surface area contributed by atoms with Crippen molar-refractivity contribution in [2.45, 2.75) is 23.9 Å². The van der Waals surface area contributed by atoms with E-state index in [1.165, 1.54) is 36.2 Å². The van der Waals surface area contributed by atoms with E-state index in [4.69, 9.17) is 23.2 Å². The zero-order valence-electron chi connectivity index (χ0n) is 22.3. The zero-order chi connectivity index (χ0) is 29.4. The largest absolute Gasteiger partial charge is 0.357 e. The van der Waals surface area contributed by atoms with Gasteiger partial charge in [-0.3, -0.25) is 13.9 Å². The number of halogens is 2. The third kappa shape index (κ3) is 7.67. The van der Waals surface area contributed by atoms with E-state index >= 15 is 0 Å². The summed E-state index contributed by atoms with van der Waals surface area (Å²) in [4.78, 5) is 28.9. The van der Waals surface area contributed by atoms with Gasteiger partial charge < -0.3 is 10.2 Å². The van der Waals surface area contributed by atoms with Crippen LogP contribution in [0.1, 0.15) is 11.1 Å². The molecule has 4 aromatic rings. The molecule has 10 heteroatoms. The Bertz CT molecular complexity index is 1580. The first-order valence-electron chi connectivity index (χ1n) is 12.8. The van der Waals surface area contributed by atoms with E-state index in [1.54, 1.807) is 54.6 Å². The molecule has 0 aliphatic heterocycles. The first kappa shape index (κ1) is 30.1. The fraction of sp³-hybridized carbons (Fsp3) is 0.161. The maximum absolute atomic E-state index is 14.2. The van der Waals surface area contributed by atoms with Crippen LogP contribution in [0.2, 0.25) is 10.0 Å². The van der Waals surface area contributed by atoms with E-state index in [0.29, 0.717) is 15.6 Å². The van der Waals surface area contributed by atoms with Crippen LogP contribution < -0.4 is 9.62 Å². The van der Waals surface area contributed by atoms with Crippen molar-refractivity contribution >= 4 is 50.7 Å². The standard InChI is InChI=1S/C31H29Cl2N3O4S/c1-34-31(38)29(20-23-9-4-2-5-10-23)35(21-24-11-8-12-26(33)19-24)30(37)22-36(27-17-15-25(32)16-18-27)41(39,40)28-13-6-3-7-14-28/h2-19,29H,20-22H2,1H3,(H,34,38)/t29-/m0/s1. The van der Waals surface area contributed by atoms with Crippen LogP contribution >= 0.6 is 23.2 Å². The summed E-state index contributed by atoms with van der Waals surface area (Å²) in [5, 5.41) is 3.55. The monoisotopic (exact) mass is 609 g/mol. The molecule has 2 amide bonds. The topological polar surface area (TPSA) is 86.8 Å². The van der Waals surface area contributed by atoms with Gasteiger partial charge in [-0.05, 0) is 59.7 Å². The molecule has 0 fully saturated rings. The summed E-state index contributed by atoms with van der Waals surface area (Å²) in [7, 11) is -2.66. The zero-order valence-corrected chi connectivity index (χ0v) is 24.6. The number of carbonyl (C=O) groups is 2. The Morgan fingerprint density at radius 2 is 1.39 bits per heavy atom. The second-order valence-corrected chi connectivity index (χ2v) is 12.0. The summed E-state index contributed by atoms with van der Waals surface area (Å²) >= 11 is 12.3. The Morgan fingerprint density at radius 3 is 2.00 bits per heavy atom. The van der Waals surface area contributed by atoms with Crippen LogP contribution in [0.5, 0.6) is 0 Å². The molecule has 0 aromatic heterocycles. The second-order valence-electron chi connectivity index (χ2n) is 9.27. The van der Waals surface area contributed by atoms with Gasteiger partial charge in [0.15, 0.2) is 0 Å². The minimum absolute atomic E-state index is 0.0243. The Hall–Kier alpha value is -3.85. The Morgan fingerprint density at radius 1 is 0.780 bits per heavy atom. The molecule has 4 aromatic carbocycles. The number of nitrogens with one attached hydrogen (secondary N) is 1. The fourth-order valence-corrected chi connectivity index (χ4v) is 6.18. The highest BCUT2D eigenvalue weighted by molar-refractivity contribution is 7.92. The predicted octanol–water partition coefficient (Wildman–Crippen LogP) is 5.57. The maximum atomic E-state index is 14.2. The average Bonchev–Trinajstić information content (AvgIpc) is 2.98. The third-order valence-corrected chi connectivity index (χ3v) is 8.76. The Labute approximate surface area is 250 Å².